The predicted octanol–water partition coefficient (Wildman–Crippen LogP) is -8.94. The molecule has 0 aliphatic rings. The van der Waals surface area contributed by atoms with Gasteiger partial charge in [-0.1, -0.05) is 11.4 Å². The summed E-state index contributed by atoms with van der Waals surface area (Å²) in [6.45, 7) is -4.62. The Morgan fingerprint density at radius 2 is 1.53 bits per heavy atom. The van der Waals surface area contributed by atoms with Gasteiger partial charge in [-0.05, 0) is 12.8 Å². The van der Waals surface area contributed by atoms with E-state index in [-0.39, 0.29) is 94.4 Å². The van der Waals surface area contributed by atoms with Crippen LogP contribution in [0.4, 0.5) is 0 Å². The van der Waals surface area contributed by atoms with Crippen LogP contribution < -0.4 is 103 Å². The van der Waals surface area contributed by atoms with Gasteiger partial charge in [-0.15, -0.1) is 11.6 Å². The van der Waals surface area contributed by atoms with E-state index >= 15 is 0 Å². The summed E-state index contributed by atoms with van der Waals surface area (Å²) in [5.41, 5.74) is 0. The molecule has 0 radical (unpaired) electrons. The van der Waals surface area contributed by atoms with Gasteiger partial charge in [0.1, 0.15) is 0 Å². The Balaban J connectivity index is -0.000000282. The van der Waals surface area contributed by atoms with Crippen molar-refractivity contribution < 1.29 is 117 Å². The summed E-state index contributed by atoms with van der Waals surface area (Å²) < 4.78 is 24.1. The molecule has 0 aromatic rings. The van der Waals surface area contributed by atoms with Gasteiger partial charge in [0.25, 0.3) is 0 Å². The number of rotatable bonds is 7. The first-order chi connectivity index (χ1) is 6.27. The van der Waals surface area contributed by atoms with Gasteiger partial charge < -0.3 is 19.2 Å². The Morgan fingerprint density at radius 3 is 1.88 bits per heavy atom. The van der Waals surface area contributed by atoms with E-state index in [0.29, 0.717) is 30.1 Å². The molecule has 17 heavy (non-hydrogen) atoms. The number of unbranched alkanes of at least 4 members (excludes halogenated alkanes) is 1. The monoisotopic (exact) mass is 350 g/mol. The fourth-order valence-corrected chi connectivity index (χ4v) is 4.65. The van der Waals surface area contributed by atoms with Gasteiger partial charge in [0.15, 0.2) is 6.80 Å². The van der Waals surface area contributed by atoms with E-state index in [9.17, 15) is 23.8 Å². The Morgan fingerprint density at radius 1 is 1.06 bits per heavy atom. The molecule has 0 heterocycles. The number of phosphoric acid groups is 1. The maximum atomic E-state index is 10.8. The fraction of sp³-hybridized carbons (Fsp3) is 1.00. The molecule has 0 bridgehead atoms. The number of alkyl halides is 1. The summed E-state index contributed by atoms with van der Waals surface area (Å²) in [6, 6.07) is 0. The Kier molecular flexibility index (Phi) is 25.4. The largest absolute Gasteiger partial charge is 1.00 e. The van der Waals surface area contributed by atoms with Crippen molar-refractivity contribution >= 4 is 37.6 Å². The van der Waals surface area contributed by atoms with E-state index in [1.54, 1.807) is 0 Å². The van der Waals surface area contributed by atoms with Crippen LogP contribution in [0.25, 0.3) is 0 Å². The summed E-state index contributed by atoms with van der Waals surface area (Å²) in [4.78, 5) is 30.7. The van der Waals surface area contributed by atoms with E-state index in [4.69, 9.17) is 11.6 Å². The van der Waals surface area contributed by atoms with Crippen molar-refractivity contribution in [2.75, 3.05) is 11.6 Å². The van der Waals surface area contributed by atoms with Crippen molar-refractivity contribution in [3.8, 4) is 0 Å². The van der Waals surface area contributed by atoms with Gasteiger partial charge in [0.2, 0.25) is 0 Å². The fourth-order valence-electron chi connectivity index (χ4n) is 0.519. The molecule has 6 nitrogen and oxygen atoms in total. The second kappa shape index (κ2) is 14.9. The second-order valence-corrected chi connectivity index (χ2v) is 7.81. The minimum atomic E-state index is -5.47. The van der Waals surface area contributed by atoms with Crippen molar-refractivity contribution in [1.82, 2.24) is 0 Å². The average Bonchev–Trinajstić information content (AvgIpc) is 1.93. The molecule has 0 saturated heterocycles. The van der Waals surface area contributed by atoms with Crippen molar-refractivity contribution in [2.24, 2.45) is 0 Å². The zero-order valence-electron chi connectivity index (χ0n) is 9.96. The normalized spacial score (nSPS) is 13.6. The molecule has 0 aliphatic carbocycles. The van der Waals surface area contributed by atoms with Crippen LogP contribution in [-0.4, -0.2) is 11.6 Å². The molecule has 0 aromatic carbocycles. The summed E-state index contributed by atoms with van der Waals surface area (Å²) in [7, 11) is -5.47. The van der Waals surface area contributed by atoms with E-state index in [0.717, 1.165) is 0 Å². The molecule has 0 rings (SSSR count). The van der Waals surface area contributed by atoms with Gasteiger partial charge >= 0.3 is 88.7 Å². The van der Waals surface area contributed by atoms with Crippen LogP contribution in [0.15, 0.2) is 0 Å². The average molecular weight is 351 g/mol. The maximum absolute atomic E-state index is 10.8. The zero-order chi connectivity index (χ0) is 11.2. The quantitative estimate of drug-likeness (QED) is 0.194. The third-order valence-corrected chi connectivity index (χ3v) is 5.73. The molecule has 0 aromatic heterocycles. The number of hydrogen-bond acceptors (Lipinski definition) is 7. The molecule has 0 spiro atoms. The Hall–Kier alpha value is 3.94. The SMILES string of the molecule is O=P([O-])([O-])OP(=O)([O-])SCCCCCl.[Na+].[Na+].[Na+]. The van der Waals surface area contributed by atoms with E-state index in [2.05, 4.69) is 4.31 Å². The minimum absolute atomic E-state index is 0. The van der Waals surface area contributed by atoms with Gasteiger partial charge in [0.05, 0.1) is 7.82 Å². The Labute approximate surface area is 176 Å². The molecule has 0 aliphatic heterocycles. The summed E-state index contributed by atoms with van der Waals surface area (Å²) in [5.74, 6) is 0.541. The van der Waals surface area contributed by atoms with Crippen LogP contribution in [0.1, 0.15) is 12.8 Å². The Bertz CT molecular complexity index is 266. The van der Waals surface area contributed by atoms with Crippen molar-refractivity contribution in [3.63, 3.8) is 0 Å². The molecule has 1 atom stereocenters. The van der Waals surface area contributed by atoms with Crippen molar-refractivity contribution in [3.05, 3.63) is 0 Å². The molecule has 1 unspecified atom stereocenters. The molecule has 0 fully saturated rings. The summed E-state index contributed by atoms with van der Waals surface area (Å²) in [6.07, 6.45) is 1.12. The first-order valence-electron chi connectivity index (χ1n) is 3.52. The topological polar surface area (TPSA) is 113 Å². The third-order valence-electron chi connectivity index (χ3n) is 0.977. The first kappa shape index (κ1) is 29.0. The molecule has 0 saturated carbocycles. The smallest absolute Gasteiger partial charge is 0.790 e. The van der Waals surface area contributed by atoms with E-state index < -0.39 is 14.6 Å². The minimum Gasteiger partial charge on any atom is -0.790 e. The number of hydrogen-bond donors (Lipinski definition) is 0. The molecular weight excluding hydrogens is 342 g/mol. The molecule has 86 valence electrons. The molecule has 13 heteroatoms. The van der Waals surface area contributed by atoms with Crippen LogP contribution in [0, 0.1) is 0 Å². The predicted molar refractivity (Wildman–Crippen MR) is 48.7 cm³/mol. The van der Waals surface area contributed by atoms with Crippen LogP contribution in [0.3, 0.4) is 0 Å². The molecular formula is C4H8ClNa3O6P2S. The van der Waals surface area contributed by atoms with Gasteiger partial charge in [-0.2, -0.15) is 0 Å². The third kappa shape index (κ3) is 22.4. The van der Waals surface area contributed by atoms with Crippen LogP contribution >= 0.6 is 37.6 Å². The van der Waals surface area contributed by atoms with Gasteiger partial charge in [-0.25, -0.2) is 0 Å². The summed E-state index contributed by atoms with van der Waals surface area (Å²) >= 11 is 5.62. The van der Waals surface area contributed by atoms with Crippen molar-refractivity contribution in [1.29, 1.82) is 0 Å². The van der Waals surface area contributed by atoms with Crippen molar-refractivity contribution in [2.45, 2.75) is 12.8 Å². The van der Waals surface area contributed by atoms with Crippen LogP contribution in [0.5, 0.6) is 0 Å². The summed E-state index contributed by atoms with van der Waals surface area (Å²) in [5, 5.41) is 0. The zero-order valence-corrected chi connectivity index (χ0v) is 19.3. The molecule has 0 N–H and O–H groups in total. The van der Waals surface area contributed by atoms with Crippen LogP contribution in [-0.2, 0) is 13.4 Å². The second-order valence-electron chi connectivity index (χ2n) is 2.21. The van der Waals surface area contributed by atoms with Crippen LogP contribution in [0.2, 0.25) is 0 Å². The molecule has 0 amide bonds. The first-order valence-corrected chi connectivity index (χ1v) is 8.65. The van der Waals surface area contributed by atoms with Gasteiger partial charge in [-0.3, -0.25) is 8.88 Å². The van der Waals surface area contributed by atoms with Gasteiger partial charge in [0, 0.05) is 11.6 Å². The maximum Gasteiger partial charge on any atom is 1.00 e. The number of halogens is 1. The standard InChI is InChI=1S/C4H11ClO6P2S.3Na/c5-3-1-2-4-14-13(9,10)11-12(6,7)8;;;/h1-4H2,(H,9,10)(H2,6,7,8);;;/q;3*+1/p-3. The van der Waals surface area contributed by atoms with E-state index in [1.165, 1.54) is 0 Å². The van der Waals surface area contributed by atoms with E-state index in [1.807, 2.05) is 0 Å².